The first-order chi connectivity index (χ1) is 13.1. The van der Waals surface area contributed by atoms with Gasteiger partial charge in [0.15, 0.2) is 0 Å². The Bertz CT molecular complexity index is 957. The molecule has 3 aromatic carbocycles. The van der Waals surface area contributed by atoms with Gasteiger partial charge in [-0.1, -0.05) is 60.7 Å². The molecule has 6 nitrogen and oxygen atoms in total. The fraction of sp³-hybridized carbons (Fsp3) is 0.143. The van der Waals surface area contributed by atoms with Crippen molar-refractivity contribution in [3.8, 4) is 5.75 Å². The zero-order valence-electron chi connectivity index (χ0n) is 14.8. The zero-order valence-corrected chi connectivity index (χ0v) is 14.8. The van der Waals surface area contributed by atoms with Crippen molar-refractivity contribution in [3.63, 3.8) is 0 Å². The number of aromatic hydroxyl groups is 1. The molecule has 0 aliphatic heterocycles. The third-order valence-corrected chi connectivity index (χ3v) is 4.25. The van der Waals surface area contributed by atoms with Crippen LogP contribution in [-0.2, 0) is 9.53 Å². The van der Waals surface area contributed by atoms with E-state index >= 15 is 0 Å². The van der Waals surface area contributed by atoms with Crippen LogP contribution >= 0.6 is 0 Å². The quantitative estimate of drug-likeness (QED) is 0.649. The molecular weight excluding hydrogens is 344 g/mol. The van der Waals surface area contributed by atoms with Gasteiger partial charge in [-0.15, -0.1) is 0 Å². The van der Waals surface area contributed by atoms with Crippen LogP contribution in [0.1, 0.15) is 17.2 Å². The fourth-order valence-corrected chi connectivity index (χ4v) is 2.99. The molecule has 1 unspecified atom stereocenters. The maximum atomic E-state index is 12.4. The molecule has 0 aliphatic carbocycles. The number of hydrogen-bond donors (Lipinski definition) is 3. The Labute approximate surface area is 156 Å². The van der Waals surface area contributed by atoms with E-state index in [0.717, 1.165) is 16.3 Å². The SMILES string of the molecule is COC(=O)NCC(=O)NC(c1ccccc1)c1c(O)ccc2ccccc12. The number of benzene rings is 3. The van der Waals surface area contributed by atoms with Crippen molar-refractivity contribution in [2.75, 3.05) is 13.7 Å². The van der Waals surface area contributed by atoms with E-state index in [4.69, 9.17) is 0 Å². The second-order valence-electron chi connectivity index (χ2n) is 5.98. The summed E-state index contributed by atoms with van der Waals surface area (Å²) in [5.74, 6) is -0.314. The van der Waals surface area contributed by atoms with Gasteiger partial charge in [0, 0.05) is 5.56 Å². The Morgan fingerprint density at radius 3 is 2.44 bits per heavy atom. The Kier molecular flexibility index (Phi) is 5.56. The minimum Gasteiger partial charge on any atom is -0.508 e. The van der Waals surface area contributed by atoms with Crippen molar-refractivity contribution in [3.05, 3.63) is 77.9 Å². The number of phenolic OH excluding ortho intramolecular Hbond substituents is 1. The average molecular weight is 364 g/mol. The molecule has 0 aromatic heterocycles. The first-order valence-electron chi connectivity index (χ1n) is 8.47. The largest absolute Gasteiger partial charge is 0.508 e. The second kappa shape index (κ2) is 8.23. The van der Waals surface area contributed by atoms with Gasteiger partial charge in [0.1, 0.15) is 12.3 Å². The lowest BCUT2D eigenvalue weighted by molar-refractivity contribution is -0.120. The summed E-state index contributed by atoms with van der Waals surface area (Å²) < 4.78 is 4.48. The highest BCUT2D eigenvalue weighted by Gasteiger charge is 2.22. The molecule has 138 valence electrons. The summed E-state index contributed by atoms with van der Waals surface area (Å²) in [5, 5.41) is 17.6. The Hall–Kier alpha value is -3.54. The normalized spacial score (nSPS) is 11.6. The minimum absolute atomic E-state index is 0.0868. The lowest BCUT2D eigenvalue weighted by Gasteiger charge is -2.22. The van der Waals surface area contributed by atoms with E-state index < -0.39 is 18.0 Å². The van der Waals surface area contributed by atoms with Crippen LogP contribution in [0.5, 0.6) is 5.75 Å². The van der Waals surface area contributed by atoms with Crippen LogP contribution in [0, 0.1) is 0 Å². The van der Waals surface area contributed by atoms with Gasteiger partial charge in [0.05, 0.1) is 13.2 Å². The molecule has 0 bridgehead atoms. The number of methoxy groups -OCH3 is 1. The molecule has 0 saturated carbocycles. The Balaban J connectivity index is 2.00. The van der Waals surface area contributed by atoms with E-state index in [1.54, 1.807) is 6.07 Å². The van der Waals surface area contributed by atoms with Crippen LogP contribution < -0.4 is 10.6 Å². The predicted octanol–water partition coefficient (Wildman–Crippen LogP) is 3.11. The van der Waals surface area contributed by atoms with Gasteiger partial charge in [-0.05, 0) is 22.4 Å². The summed E-state index contributed by atoms with van der Waals surface area (Å²) in [6, 6.07) is 19.9. The van der Waals surface area contributed by atoms with Crippen LogP contribution in [0.25, 0.3) is 10.8 Å². The molecule has 0 aliphatic rings. The fourth-order valence-electron chi connectivity index (χ4n) is 2.99. The molecule has 3 aromatic rings. The second-order valence-corrected chi connectivity index (χ2v) is 5.98. The lowest BCUT2D eigenvalue weighted by atomic mass is 9.92. The van der Waals surface area contributed by atoms with E-state index in [-0.39, 0.29) is 12.3 Å². The number of alkyl carbamates (subject to hydrolysis) is 1. The van der Waals surface area contributed by atoms with Crippen LogP contribution in [0.4, 0.5) is 4.79 Å². The molecule has 0 saturated heterocycles. The van der Waals surface area contributed by atoms with Crippen LogP contribution in [0.2, 0.25) is 0 Å². The number of amides is 2. The van der Waals surface area contributed by atoms with Crippen molar-refractivity contribution >= 4 is 22.8 Å². The summed E-state index contributed by atoms with van der Waals surface area (Å²) in [6.07, 6.45) is -0.686. The van der Waals surface area contributed by atoms with Crippen molar-refractivity contribution in [2.24, 2.45) is 0 Å². The molecular formula is C21H20N2O4. The van der Waals surface area contributed by atoms with Crippen LogP contribution in [0.15, 0.2) is 66.7 Å². The van der Waals surface area contributed by atoms with Gasteiger partial charge >= 0.3 is 6.09 Å². The van der Waals surface area contributed by atoms with Crippen molar-refractivity contribution in [2.45, 2.75) is 6.04 Å². The monoisotopic (exact) mass is 364 g/mol. The molecule has 2 amide bonds. The van der Waals surface area contributed by atoms with Crippen molar-refractivity contribution in [1.29, 1.82) is 0 Å². The molecule has 0 radical (unpaired) electrons. The number of carbonyl (C=O) groups is 2. The van der Waals surface area contributed by atoms with Gasteiger partial charge in [0.25, 0.3) is 0 Å². The zero-order chi connectivity index (χ0) is 19.2. The third-order valence-electron chi connectivity index (χ3n) is 4.25. The van der Waals surface area contributed by atoms with Crippen molar-refractivity contribution < 1.29 is 19.4 Å². The highest BCUT2D eigenvalue weighted by Crippen LogP contribution is 2.35. The maximum Gasteiger partial charge on any atom is 0.407 e. The standard InChI is InChI=1S/C21H20N2O4/c1-27-21(26)22-13-18(25)23-20(15-8-3-2-4-9-15)19-16-10-6-5-7-14(16)11-12-17(19)24/h2-12,20,24H,13H2,1H3,(H,22,26)(H,23,25). The van der Waals surface area contributed by atoms with Gasteiger partial charge in [0.2, 0.25) is 5.91 Å². The number of hydrogen-bond acceptors (Lipinski definition) is 4. The maximum absolute atomic E-state index is 12.4. The molecule has 3 N–H and O–H groups in total. The molecule has 3 rings (SSSR count). The number of carbonyl (C=O) groups excluding carboxylic acids is 2. The van der Waals surface area contributed by atoms with Gasteiger partial charge in [-0.2, -0.15) is 0 Å². The van der Waals surface area contributed by atoms with E-state index in [9.17, 15) is 14.7 Å². The highest BCUT2D eigenvalue weighted by molar-refractivity contribution is 5.90. The van der Waals surface area contributed by atoms with E-state index in [2.05, 4.69) is 15.4 Å². The third kappa shape index (κ3) is 4.17. The van der Waals surface area contributed by atoms with Gasteiger partial charge in [-0.3, -0.25) is 4.79 Å². The Morgan fingerprint density at radius 1 is 1.00 bits per heavy atom. The Morgan fingerprint density at radius 2 is 1.70 bits per heavy atom. The number of rotatable bonds is 5. The number of nitrogens with one attached hydrogen (secondary N) is 2. The van der Waals surface area contributed by atoms with Gasteiger partial charge < -0.3 is 20.5 Å². The van der Waals surface area contributed by atoms with Crippen molar-refractivity contribution in [1.82, 2.24) is 10.6 Å². The number of fused-ring (bicyclic) bond motifs is 1. The summed E-state index contributed by atoms with van der Waals surface area (Å²) in [7, 11) is 1.23. The molecule has 0 heterocycles. The molecule has 0 spiro atoms. The molecule has 1 atom stereocenters. The first kappa shape index (κ1) is 18.3. The number of phenols is 1. The topological polar surface area (TPSA) is 87.7 Å². The van der Waals surface area contributed by atoms with Crippen LogP contribution in [-0.4, -0.2) is 30.8 Å². The summed E-state index contributed by atoms with van der Waals surface area (Å²) in [5.41, 5.74) is 1.42. The molecule has 6 heteroatoms. The highest BCUT2D eigenvalue weighted by atomic mass is 16.5. The first-order valence-corrected chi connectivity index (χ1v) is 8.47. The number of ether oxygens (including phenoxy) is 1. The summed E-state index contributed by atoms with van der Waals surface area (Å²) >= 11 is 0. The van der Waals surface area contributed by atoms with Crippen LogP contribution in [0.3, 0.4) is 0 Å². The van der Waals surface area contributed by atoms with E-state index in [1.165, 1.54) is 7.11 Å². The van der Waals surface area contributed by atoms with E-state index in [0.29, 0.717) is 5.56 Å². The molecule has 27 heavy (non-hydrogen) atoms. The summed E-state index contributed by atoms with van der Waals surface area (Å²) in [4.78, 5) is 23.6. The van der Waals surface area contributed by atoms with Gasteiger partial charge in [-0.25, -0.2) is 4.79 Å². The van der Waals surface area contributed by atoms with E-state index in [1.807, 2.05) is 60.7 Å². The summed E-state index contributed by atoms with van der Waals surface area (Å²) in [6.45, 7) is -0.235. The average Bonchev–Trinajstić information content (AvgIpc) is 2.71. The predicted molar refractivity (Wildman–Crippen MR) is 102 cm³/mol. The smallest absolute Gasteiger partial charge is 0.407 e. The lowest BCUT2D eigenvalue weighted by Crippen LogP contribution is -2.39. The molecule has 0 fully saturated rings. The minimum atomic E-state index is -0.686.